The maximum absolute atomic E-state index is 12.1. The van der Waals surface area contributed by atoms with Crippen molar-refractivity contribution in [2.75, 3.05) is 0 Å². The summed E-state index contributed by atoms with van der Waals surface area (Å²) in [6.07, 6.45) is 1.72. The lowest BCUT2D eigenvalue weighted by atomic mass is 10.00. The molecule has 23 heavy (non-hydrogen) atoms. The average Bonchev–Trinajstić information content (AvgIpc) is 2.60. The summed E-state index contributed by atoms with van der Waals surface area (Å²) in [4.78, 5) is 16.3. The Kier molecular flexibility index (Phi) is 4.52. The molecule has 0 aliphatic rings. The van der Waals surface area contributed by atoms with E-state index >= 15 is 0 Å². The fourth-order valence-corrected chi connectivity index (χ4v) is 2.63. The number of nitrogens with zero attached hydrogens (tertiary/aromatic N) is 1. The van der Waals surface area contributed by atoms with E-state index < -0.39 is 0 Å². The van der Waals surface area contributed by atoms with Gasteiger partial charge in [-0.05, 0) is 35.4 Å². The highest BCUT2D eigenvalue weighted by Crippen LogP contribution is 2.23. The molecule has 0 aliphatic heterocycles. The Morgan fingerprint density at radius 1 is 1.04 bits per heavy atom. The van der Waals surface area contributed by atoms with Crippen molar-refractivity contribution in [2.45, 2.75) is 19.5 Å². The first-order valence-corrected chi connectivity index (χ1v) is 7.66. The minimum atomic E-state index is -0.198. The molecule has 2 amide bonds. The summed E-state index contributed by atoms with van der Waals surface area (Å²) in [6.45, 7) is 2.40. The van der Waals surface area contributed by atoms with Gasteiger partial charge in [-0.15, -0.1) is 0 Å². The SMILES string of the molecule is CC(NC(=O)NCc1ccccn1)c1cccc2ccccc12. The van der Waals surface area contributed by atoms with Gasteiger partial charge in [-0.25, -0.2) is 4.79 Å². The van der Waals surface area contributed by atoms with Gasteiger partial charge in [0.15, 0.2) is 0 Å². The average molecular weight is 305 g/mol. The number of aromatic nitrogens is 1. The van der Waals surface area contributed by atoms with Crippen LogP contribution in [-0.4, -0.2) is 11.0 Å². The minimum Gasteiger partial charge on any atom is -0.332 e. The standard InChI is InChI=1S/C19H19N3O/c1-14(17-11-6-8-15-7-2-3-10-18(15)17)22-19(23)21-13-16-9-4-5-12-20-16/h2-12,14H,13H2,1H3,(H2,21,22,23). The van der Waals surface area contributed by atoms with Gasteiger partial charge < -0.3 is 10.6 Å². The number of hydrogen-bond acceptors (Lipinski definition) is 2. The summed E-state index contributed by atoms with van der Waals surface area (Å²) in [5.41, 5.74) is 1.94. The Morgan fingerprint density at radius 3 is 2.65 bits per heavy atom. The van der Waals surface area contributed by atoms with Crippen LogP contribution in [0.25, 0.3) is 10.8 Å². The van der Waals surface area contributed by atoms with E-state index in [2.05, 4.69) is 33.8 Å². The van der Waals surface area contributed by atoms with Crippen LogP contribution in [0.1, 0.15) is 24.2 Å². The summed E-state index contributed by atoms with van der Waals surface area (Å²) in [7, 11) is 0. The van der Waals surface area contributed by atoms with E-state index in [4.69, 9.17) is 0 Å². The molecule has 1 heterocycles. The molecule has 0 radical (unpaired) electrons. The highest BCUT2D eigenvalue weighted by Gasteiger charge is 2.11. The fraction of sp³-hybridized carbons (Fsp3) is 0.158. The molecule has 4 nitrogen and oxygen atoms in total. The smallest absolute Gasteiger partial charge is 0.315 e. The fourth-order valence-electron chi connectivity index (χ4n) is 2.63. The molecule has 0 aliphatic carbocycles. The van der Waals surface area contributed by atoms with Crippen molar-refractivity contribution in [1.82, 2.24) is 15.6 Å². The summed E-state index contributed by atoms with van der Waals surface area (Å²) in [6, 6.07) is 19.7. The van der Waals surface area contributed by atoms with Crippen LogP contribution in [0.5, 0.6) is 0 Å². The van der Waals surface area contributed by atoms with Gasteiger partial charge in [0, 0.05) is 6.20 Å². The Bertz CT molecular complexity index is 797. The van der Waals surface area contributed by atoms with Crippen molar-refractivity contribution >= 4 is 16.8 Å². The highest BCUT2D eigenvalue weighted by atomic mass is 16.2. The number of carbonyl (C=O) groups is 1. The molecule has 116 valence electrons. The largest absolute Gasteiger partial charge is 0.332 e. The summed E-state index contributed by atoms with van der Waals surface area (Å²) < 4.78 is 0. The van der Waals surface area contributed by atoms with Crippen LogP contribution in [-0.2, 0) is 6.54 Å². The van der Waals surface area contributed by atoms with Crippen LogP contribution in [0, 0.1) is 0 Å². The zero-order chi connectivity index (χ0) is 16.1. The van der Waals surface area contributed by atoms with Crippen molar-refractivity contribution < 1.29 is 4.79 Å². The second-order valence-electron chi connectivity index (χ2n) is 5.44. The number of rotatable bonds is 4. The molecular formula is C19H19N3O. The highest BCUT2D eigenvalue weighted by molar-refractivity contribution is 5.86. The molecule has 3 rings (SSSR count). The number of urea groups is 1. The predicted molar refractivity (Wildman–Crippen MR) is 92.0 cm³/mol. The molecule has 2 aromatic carbocycles. The van der Waals surface area contributed by atoms with E-state index in [9.17, 15) is 4.79 Å². The van der Waals surface area contributed by atoms with Gasteiger partial charge in [0.05, 0.1) is 18.3 Å². The van der Waals surface area contributed by atoms with Gasteiger partial charge in [-0.3, -0.25) is 4.98 Å². The Hall–Kier alpha value is -2.88. The van der Waals surface area contributed by atoms with Crippen molar-refractivity contribution in [3.8, 4) is 0 Å². The molecule has 0 saturated carbocycles. The Labute approximate surface area is 135 Å². The van der Waals surface area contributed by atoms with Crippen molar-refractivity contribution in [3.05, 3.63) is 78.1 Å². The number of amides is 2. The van der Waals surface area contributed by atoms with Gasteiger partial charge in [0.2, 0.25) is 0 Å². The molecule has 0 saturated heterocycles. The van der Waals surface area contributed by atoms with E-state index in [0.717, 1.165) is 16.6 Å². The summed E-state index contributed by atoms with van der Waals surface area (Å²) >= 11 is 0. The Balaban J connectivity index is 1.66. The van der Waals surface area contributed by atoms with Crippen molar-refractivity contribution in [2.24, 2.45) is 0 Å². The molecule has 1 aromatic heterocycles. The number of nitrogens with one attached hydrogen (secondary N) is 2. The second-order valence-corrected chi connectivity index (χ2v) is 5.44. The van der Waals surface area contributed by atoms with E-state index in [1.165, 1.54) is 5.39 Å². The quantitative estimate of drug-likeness (QED) is 0.770. The molecular weight excluding hydrogens is 286 g/mol. The number of benzene rings is 2. The monoisotopic (exact) mass is 305 g/mol. The maximum Gasteiger partial charge on any atom is 0.315 e. The van der Waals surface area contributed by atoms with Gasteiger partial charge in [-0.1, -0.05) is 48.5 Å². The topological polar surface area (TPSA) is 54.0 Å². The second kappa shape index (κ2) is 6.92. The predicted octanol–water partition coefficient (Wildman–Crippen LogP) is 3.80. The number of fused-ring (bicyclic) bond motifs is 1. The number of carbonyl (C=O) groups excluding carboxylic acids is 1. The first kappa shape index (κ1) is 15.0. The normalized spacial score (nSPS) is 11.9. The minimum absolute atomic E-state index is 0.0789. The lowest BCUT2D eigenvalue weighted by Gasteiger charge is -2.17. The van der Waals surface area contributed by atoms with E-state index in [1.807, 2.05) is 49.4 Å². The molecule has 0 spiro atoms. The van der Waals surface area contributed by atoms with Crippen molar-refractivity contribution in [1.29, 1.82) is 0 Å². The first-order valence-electron chi connectivity index (χ1n) is 7.66. The third kappa shape index (κ3) is 3.66. The van der Waals surface area contributed by atoms with Crippen LogP contribution < -0.4 is 10.6 Å². The van der Waals surface area contributed by atoms with Crippen LogP contribution in [0.2, 0.25) is 0 Å². The number of hydrogen-bond donors (Lipinski definition) is 2. The molecule has 1 unspecified atom stereocenters. The van der Waals surface area contributed by atoms with Crippen LogP contribution in [0.3, 0.4) is 0 Å². The van der Waals surface area contributed by atoms with E-state index in [0.29, 0.717) is 6.54 Å². The van der Waals surface area contributed by atoms with Gasteiger partial charge in [0.25, 0.3) is 0 Å². The number of pyridine rings is 1. The van der Waals surface area contributed by atoms with Crippen LogP contribution >= 0.6 is 0 Å². The molecule has 4 heteroatoms. The zero-order valence-electron chi connectivity index (χ0n) is 13.0. The van der Waals surface area contributed by atoms with Crippen molar-refractivity contribution in [3.63, 3.8) is 0 Å². The van der Waals surface area contributed by atoms with Gasteiger partial charge in [0.1, 0.15) is 0 Å². The van der Waals surface area contributed by atoms with Crippen LogP contribution in [0.15, 0.2) is 66.9 Å². The first-order chi connectivity index (χ1) is 11.2. The molecule has 2 N–H and O–H groups in total. The Morgan fingerprint density at radius 2 is 1.83 bits per heavy atom. The third-order valence-corrected chi connectivity index (χ3v) is 3.79. The van der Waals surface area contributed by atoms with E-state index in [-0.39, 0.29) is 12.1 Å². The molecule has 1 atom stereocenters. The zero-order valence-corrected chi connectivity index (χ0v) is 13.0. The van der Waals surface area contributed by atoms with Crippen LogP contribution in [0.4, 0.5) is 4.79 Å². The van der Waals surface area contributed by atoms with Gasteiger partial charge >= 0.3 is 6.03 Å². The van der Waals surface area contributed by atoms with E-state index in [1.54, 1.807) is 6.20 Å². The molecule has 3 aromatic rings. The maximum atomic E-state index is 12.1. The van der Waals surface area contributed by atoms with Gasteiger partial charge in [-0.2, -0.15) is 0 Å². The summed E-state index contributed by atoms with van der Waals surface area (Å²) in [5.74, 6) is 0. The lowest BCUT2D eigenvalue weighted by molar-refractivity contribution is 0.237. The summed E-state index contributed by atoms with van der Waals surface area (Å²) in [5, 5.41) is 8.15. The third-order valence-electron chi connectivity index (χ3n) is 3.79. The molecule has 0 fully saturated rings. The molecule has 0 bridgehead atoms. The lowest BCUT2D eigenvalue weighted by Crippen LogP contribution is -2.36.